The van der Waals surface area contributed by atoms with Gasteiger partial charge in [-0.1, -0.05) is 13.8 Å². The van der Waals surface area contributed by atoms with E-state index < -0.39 is 0 Å². The Hall–Kier alpha value is -0.0400. The van der Waals surface area contributed by atoms with Crippen molar-refractivity contribution in [1.29, 1.82) is 0 Å². The van der Waals surface area contributed by atoms with Gasteiger partial charge in [0.15, 0.2) is 0 Å². The molecule has 0 heterocycles. The summed E-state index contributed by atoms with van der Waals surface area (Å²) in [6, 6.07) is 0. The maximum atomic E-state index is 9.30. The van der Waals surface area contributed by atoms with Crippen LogP contribution >= 0.6 is 0 Å². The summed E-state index contributed by atoms with van der Waals surface area (Å²) in [5.74, 6) is 1.37. The van der Waals surface area contributed by atoms with Crippen molar-refractivity contribution in [2.45, 2.75) is 39.2 Å². The normalized spacial score (nSPS) is 45.0. The predicted molar refractivity (Wildman–Crippen MR) is 38.2 cm³/mol. The number of hydrogen-bond donors (Lipinski definition) is 1. The van der Waals surface area contributed by atoms with E-state index in [1.807, 2.05) is 0 Å². The van der Waals surface area contributed by atoms with Crippen LogP contribution in [0.3, 0.4) is 0 Å². The largest absolute Gasteiger partial charge is 0.393 e. The van der Waals surface area contributed by atoms with E-state index in [1.54, 1.807) is 0 Å². The topological polar surface area (TPSA) is 20.2 Å². The highest BCUT2D eigenvalue weighted by atomic mass is 16.3. The Morgan fingerprint density at radius 2 is 1.89 bits per heavy atom. The van der Waals surface area contributed by atoms with Crippen LogP contribution < -0.4 is 0 Å². The Balaban J connectivity index is 2.35. The summed E-state index contributed by atoms with van der Waals surface area (Å²) in [4.78, 5) is 0. The van der Waals surface area contributed by atoms with Crippen molar-refractivity contribution >= 4 is 0 Å². The van der Waals surface area contributed by atoms with Gasteiger partial charge in [-0.25, -0.2) is 0 Å². The smallest absolute Gasteiger partial charge is 0.0566 e. The van der Waals surface area contributed by atoms with E-state index in [4.69, 9.17) is 0 Å². The van der Waals surface area contributed by atoms with Crippen molar-refractivity contribution in [1.82, 2.24) is 0 Å². The highest BCUT2D eigenvalue weighted by Gasteiger charge is 2.22. The summed E-state index contributed by atoms with van der Waals surface area (Å²) in [6.07, 6.45) is 3.43. The van der Waals surface area contributed by atoms with E-state index >= 15 is 0 Å². The van der Waals surface area contributed by atoms with Gasteiger partial charge >= 0.3 is 0 Å². The molecule has 0 saturated heterocycles. The van der Waals surface area contributed by atoms with E-state index in [1.165, 1.54) is 12.8 Å². The van der Waals surface area contributed by atoms with Gasteiger partial charge in [-0.15, -0.1) is 0 Å². The molecular formula is C8H16O. The molecule has 1 heteroatoms. The minimum Gasteiger partial charge on any atom is -0.393 e. The molecule has 1 N–H and O–H groups in total. The maximum absolute atomic E-state index is 9.30. The Labute approximate surface area is 57.1 Å². The van der Waals surface area contributed by atoms with Gasteiger partial charge in [0.25, 0.3) is 0 Å². The minimum atomic E-state index is -0.0128. The zero-order chi connectivity index (χ0) is 6.85. The fraction of sp³-hybridized carbons (Fsp3) is 1.00. The van der Waals surface area contributed by atoms with E-state index in [0.717, 1.165) is 12.3 Å². The average molecular weight is 128 g/mol. The second-order valence-electron chi connectivity index (χ2n) is 3.46. The van der Waals surface area contributed by atoms with Gasteiger partial charge in [-0.05, 0) is 31.1 Å². The number of hydrogen-bond acceptors (Lipinski definition) is 1. The van der Waals surface area contributed by atoms with Crippen LogP contribution in [0.25, 0.3) is 0 Å². The van der Waals surface area contributed by atoms with Gasteiger partial charge in [0.05, 0.1) is 6.10 Å². The lowest BCUT2D eigenvalue weighted by molar-refractivity contribution is 0.0611. The molecule has 0 aromatic carbocycles. The van der Waals surface area contributed by atoms with Crippen LogP contribution in [-0.4, -0.2) is 11.2 Å². The average Bonchev–Trinajstić information content (AvgIpc) is 1.80. The number of aliphatic hydroxyl groups excluding tert-OH is 1. The van der Waals surface area contributed by atoms with Crippen LogP contribution in [0.1, 0.15) is 33.1 Å². The third-order valence-corrected chi connectivity index (χ3v) is 2.39. The van der Waals surface area contributed by atoms with Gasteiger partial charge < -0.3 is 5.11 Å². The number of rotatable bonds is 0. The molecule has 0 spiro atoms. The molecule has 1 fully saturated rings. The van der Waals surface area contributed by atoms with E-state index in [9.17, 15) is 5.11 Å². The third kappa shape index (κ3) is 1.68. The van der Waals surface area contributed by atoms with Gasteiger partial charge in [0, 0.05) is 0 Å². The Morgan fingerprint density at radius 1 is 1.22 bits per heavy atom. The Morgan fingerprint density at radius 3 is 2.33 bits per heavy atom. The van der Waals surface area contributed by atoms with Gasteiger partial charge in [0.1, 0.15) is 0 Å². The van der Waals surface area contributed by atoms with Crippen LogP contribution in [-0.2, 0) is 0 Å². The fourth-order valence-electron chi connectivity index (χ4n) is 1.65. The van der Waals surface area contributed by atoms with Crippen LogP contribution in [0.5, 0.6) is 0 Å². The molecule has 1 saturated carbocycles. The summed E-state index contributed by atoms with van der Waals surface area (Å²) >= 11 is 0. The van der Waals surface area contributed by atoms with E-state index in [0.29, 0.717) is 5.92 Å². The van der Waals surface area contributed by atoms with E-state index in [-0.39, 0.29) is 6.10 Å². The maximum Gasteiger partial charge on any atom is 0.0566 e. The lowest BCUT2D eigenvalue weighted by Crippen LogP contribution is -2.25. The molecule has 0 radical (unpaired) electrons. The van der Waals surface area contributed by atoms with Crippen LogP contribution in [0, 0.1) is 11.8 Å². The van der Waals surface area contributed by atoms with Crippen LogP contribution in [0.4, 0.5) is 0 Å². The Bertz CT molecular complexity index is 90.6. The SMILES string of the molecule is C[C@@H]1CC[C@H](O)[C@H](C)C1. The first-order valence-corrected chi connectivity index (χ1v) is 3.88. The molecule has 0 aromatic rings. The first-order valence-electron chi connectivity index (χ1n) is 3.88. The third-order valence-electron chi connectivity index (χ3n) is 2.39. The lowest BCUT2D eigenvalue weighted by Gasteiger charge is -2.28. The van der Waals surface area contributed by atoms with Gasteiger partial charge in [-0.2, -0.15) is 0 Å². The zero-order valence-electron chi connectivity index (χ0n) is 6.30. The molecule has 1 nitrogen and oxygen atoms in total. The van der Waals surface area contributed by atoms with Gasteiger partial charge in [-0.3, -0.25) is 0 Å². The monoisotopic (exact) mass is 128 g/mol. The predicted octanol–water partition coefficient (Wildman–Crippen LogP) is 1.80. The molecule has 0 aliphatic heterocycles. The zero-order valence-corrected chi connectivity index (χ0v) is 6.30. The molecule has 0 aromatic heterocycles. The summed E-state index contributed by atoms with van der Waals surface area (Å²) < 4.78 is 0. The summed E-state index contributed by atoms with van der Waals surface area (Å²) in [7, 11) is 0. The molecule has 0 amide bonds. The summed E-state index contributed by atoms with van der Waals surface area (Å²) in [6.45, 7) is 4.41. The second kappa shape index (κ2) is 2.70. The molecule has 0 bridgehead atoms. The van der Waals surface area contributed by atoms with Crippen molar-refractivity contribution < 1.29 is 5.11 Å². The second-order valence-corrected chi connectivity index (χ2v) is 3.46. The highest BCUT2D eigenvalue weighted by Crippen LogP contribution is 2.28. The molecule has 1 aliphatic carbocycles. The van der Waals surface area contributed by atoms with Crippen molar-refractivity contribution in [3.63, 3.8) is 0 Å². The first-order chi connectivity index (χ1) is 4.20. The molecule has 3 atom stereocenters. The van der Waals surface area contributed by atoms with Crippen LogP contribution in [0.15, 0.2) is 0 Å². The van der Waals surface area contributed by atoms with Crippen molar-refractivity contribution in [2.24, 2.45) is 11.8 Å². The first kappa shape index (κ1) is 7.07. The standard InChI is InChI=1S/C8H16O/c1-6-3-4-8(9)7(2)5-6/h6-9H,3-5H2,1-2H3/t6-,7-,8+/m1/s1. The molecule has 9 heavy (non-hydrogen) atoms. The summed E-state index contributed by atoms with van der Waals surface area (Å²) in [5, 5.41) is 9.30. The summed E-state index contributed by atoms with van der Waals surface area (Å²) in [5.41, 5.74) is 0. The van der Waals surface area contributed by atoms with Crippen molar-refractivity contribution in [3.8, 4) is 0 Å². The van der Waals surface area contributed by atoms with Crippen molar-refractivity contribution in [2.75, 3.05) is 0 Å². The molecule has 1 aliphatic rings. The van der Waals surface area contributed by atoms with Gasteiger partial charge in [0.2, 0.25) is 0 Å². The lowest BCUT2D eigenvalue weighted by atomic mass is 9.81. The Kier molecular flexibility index (Phi) is 2.12. The van der Waals surface area contributed by atoms with Crippen LogP contribution in [0.2, 0.25) is 0 Å². The molecule has 0 unspecified atom stereocenters. The van der Waals surface area contributed by atoms with E-state index in [2.05, 4.69) is 13.8 Å². The highest BCUT2D eigenvalue weighted by molar-refractivity contribution is 4.74. The molecular weight excluding hydrogens is 112 g/mol. The molecule has 1 rings (SSSR count). The number of aliphatic hydroxyl groups is 1. The minimum absolute atomic E-state index is 0.0128. The van der Waals surface area contributed by atoms with Crippen molar-refractivity contribution in [3.05, 3.63) is 0 Å². The quantitative estimate of drug-likeness (QED) is 0.527. The molecule has 54 valence electrons. The fourth-order valence-corrected chi connectivity index (χ4v) is 1.65.